The molecule has 2 saturated heterocycles. The summed E-state index contributed by atoms with van der Waals surface area (Å²) in [6, 6.07) is 9.90. The van der Waals surface area contributed by atoms with Gasteiger partial charge in [0, 0.05) is 44.3 Å². The average molecular weight is 480 g/mol. The van der Waals surface area contributed by atoms with E-state index in [4.69, 9.17) is 4.74 Å². The van der Waals surface area contributed by atoms with Gasteiger partial charge in [-0.2, -0.15) is 4.31 Å². The number of rotatable bonds is 6. The number of nitrogens with zero attached hydrogens (tertiary/aromatic N) is 2. The lowest BCUT2D eigenvalue weighted by atomic mass is 10.0. The number of hydrogen-bond acceptors (Lipinski definition) is 5. The maximum Gasteiger partial charge on any atom is 0.251 e. The van der Waals surface area contributed by atoms with Crippen LogP contribution in [-0.4, -0.2) is 69.0 Å². The number of halogens is 2. The van der Waals surface area contributed by atoms with Crippen LogP contribution in [0.2, 0.25) is 0 Å². The van der Waals surface area contributed by atoms with Gasteiger partial charge in [-0.1, -0.05) is 6.07 Å². The van der Waals surface area contributed by atoms with E-state index >= 15 is 0 Å². The first-order valence-electron chi connectivity index (χ1n) is 11.0. The van der Waals surface area contributed by atoms with E-state index < -0.39 is 21.7 Å². The number of nitrogens with one attached hydrogen (secondary N) is 1. The lowest BCUT2D eigenvalue weighted by Crippen LogP contribution is -2.44. The van der Waals surface area contributed by atoms with E-state index in [0.29, 0.717) is 44.0 Å². The number of likely N-dealkylation sites (tertiary alicyclic amines) is 1. The molecule has 2 aromatic rings. The molecule has 178 valence electrons. The SMILES string of the molecule is O=C(NC1CCN(Cc2ccc(F)c(F)c2)CC1)c1ccc(S(=O)(=O)N2CCOCC2)cc1. The summed E-state index contributed by atoms with van der Waals surface area (Å²) in [6.07, 6.45) is 1.47. The summed E-state index contributed by atoms with van der Waals surface area (Å²) in [5, 5.41) is 3.01. The predicted molar refractivity (Wildman–Crippen MR) is 118 cm³/mol. The summed E-state index contributed by atoms with van der Waals surface area (Å²) in [5.41, 5.74) is 1.11. The van der Waals surface area contributed by atoms with Crippen molar-refractivity contribution in [2.24, 2.45) is 0 Å². The van der Waals surface area contributed by atoms with Gasteiger partial charge in [0.1, 0.15) is 0 Å². The standard InChI is InChI=1S/C23H27F2N3O4S/c24-21-6-1-17(15-22(21)25)16-27-9-7-19(8-10-27)26-23(29)18-2-4-20(5-3-18)33(30,31)28-11-13-32-14-12-28/h1-6,15,19H,7-14,16H2,(H,26,29). The molecular weight excluding hydrogens is 452 g/mol. The average Bonchev–Trinajstić information content (AvgIpc) is 2.83. The number of piperidine rings is 1. The molecule has 10 heteroatoms. The predicted octanol–water partition coefficient (Wildman–Crippen LogP) is 2.38. The zero-order chi connectivity index (χ0) is 23.4. The minimum absolute atomic E-state index is 0.00420. The van der Waals surface area contributed by atoms with Crippen molar-refractivity contribution in [1.29, 1.82) is 0 Å². The summed E-state index contributed by atoms with van der Waals surface area (Å²) >= 11 is 0. The molecule has 0 spiro atoms. The molecule has 2 aliphatic heterocycles. The Balaban J connectivity index is 1.28. The molecule has 4 rings (SSSR count). The number of carbonyl (C=O) groups is 1. The fraction of sp³-hybridized carbons (Fsp3) is 0.435. The van der Waals surface area contributed by atoms with Crippen LogP contribution in [0.1, 0.15) is 28.8 Å². The lowest BCUT2D eigenvalue weighted by molar-refractivity contribution is 0.0730. The summed E-state index contributed by atoms with van der Waals surface area (Å²) < 4.78 is 58.5. The number of sulfonamides is 1. The highest BCUT2D eigenvalue weighted by atomic mass is 32.2. The lowest BCUT2D eigenvalue weighted by Gasteiger charge is -2.32. The second-order valence-corrected chi connectivity index (χ2v) is 10.3. The topological polar surface area (TPSA) is 79.0 Å². The maximum atomic E-state index is 13.4. The molecule has 2 aromatic carbocycles. The third-order valence-electron chi connectivity index (χ3n) is 6.04. The van der Waals surface area contributed by atoms with Crippen LogP contribution >= 0.6 is 0 Å². The Kier molecular flexibility index (Phi) is 7.38. The number of carbonyl (C=O) groups excluding carboxylic acids is 1. The largest absolute Gasteiger partial charge is 0.379 e. The molecule has 0 aliphatic carbocycles. The van der Waals surface area contributed by atoms with Crippen LogP contribution in [0, 0.1) is 11.6 Å². The first kappa shape index (κ1) is 23.7. The molecule has 1 N–H and O–H groups in total. The Morgan fingerprint density at radius 1 is 0.970 bits per heavy atom. The highest BCUT2D eigenvalue weighted by molar-refractivity contribution is 7.89. The van der Waals surface area contributed by atoms with E-state index in [1.807, 2.05) is 0 Å². The van der Waals surface area contributed by atoms with Crippen molar-refractivity contribution in [3.63, 3.8) is 0 Å². The number of morpholine rings is 1. The van der Waals surface area contributed by atoms with Crippen LogP contribution in [0.5, 0.6) is 0 Å². The summed E-state index contributed by atoms with van der Waals surface area (Å²) in [4.78, 5) is 14.9. The van der Waals surface area contributed by atoms with E-state index in [1.165, 1.54) is 34.6 Å². The monoisotopic (exact) mass is 479 g/mol. The maximum absolute atomic E-state index is 13.4. The van der Waals surface area contributed by atoms with E-state index in [1.54, 1.807) is 6.07 Å². The molecule has 7 nitrogen and oxygen atoms in total. The fourth-order valence-electron chi connectivity index (χ4n) is 4.11. The molecule has 0 saturated carbocycles. The third-order valence-corrected chi connectivity index (χ3v) is 7.95. The van der Waals surface area contributed by atoms with Crippen LogP contribution in [-0.2, 0) is 21.3 Å². The van der Waals surface area contributed by atoms with Gasteiger partial charge < -0.3 is 10.1 Å². The first-order valence-corrected chi connectivity index (χ1v) is 12.4. The van der Waals surface area contributed by atoms with Gasteiger partial charge in [0.25, 0.3) is 5.91 Å². The molecule has 0 radical (unpaired) electrons. The van der Waals surface area contributed by atoms with Gasteiger partial charge in [0.15, 0.2) is 11.6 Å². The molecular formula is C23H27F2N3O4S. The number of benzene rings is 2. The minimum atomic E-state index is -3.60. The Labute approximate surface area is 192 Å². The van der Waals surface area contributed by atoms with Crippen LogP contribution in [0.15, 0.2) is 47.4 Å². The van der Waals surface area contributed by atoms with Crippen LogP contribution < -0.4 is 5.32 Å². The van der Waals surface area contributed by atoms with Crippen LogP contribution in [0.4, 0.5) is 8.78 Å². The third kappa shape index (κ3) is 5.75. The van der Waals surface area contributed by atoms with E-state index in [0.717, 1.165) is 32.0 Å². The van der Waals surface area contributed by atoms with Gasteiger partial charge in [0.2, 0.25) is 10.0 Å². The minimum Gasteiger partial charge on any atom is -0.379 e. The number of hydrogen-bond donors (Lipinski definition) is 1. The van der Waals surface area contributed by atoms with Crippen molar-refractivity contribution in [3.8, 4) is 0 Å². The Hall–Kier alpha value is -2.40. The zero-order valence-corrected chi connectivity index (χ0v) is 19.0. The van der Waals surface area contributed by atoms with Crippen molar-refractivity contribution < 1.29 is 26.7 Å². The van der Waals surface area contributed by atoms with E-state index in [-0.39, 0.29) is 16.8 Å². The summed E-state index contributed by atoms with van der Waals surface area (Å²) in [5.74, 6) is -1.95. The fourth-order valence-corrected chi connectivity index (χ4v) is 5.52. The molecule has 33 heavy (non-hydrogen) atoms. The van der Waals surface area contributed by atoms with E-state index in [2.05, 4.69) is 10.2 Å². The summed E-state index contributed by atoms with van der Waals surface area (Å²) in [6.45, 7) is 3.36. The smallest absolute Gasteiger partial charge is 0.251 e. The first-order chi connectivity index (χ1) is 15.8. The molecule has 2 fully saturated rings. The van der Waals surface area contributed by atoms with Crippen molar-refractivity contribution in [2.45, 2.75) is 30.3 Å². The molecule has 1 amide bonds. The Morgan fingerprint density at radius 2 is 1.64 bits per heavy atom. The van der Waals surface area contributed by atoms with Gasteiger partial charge in [-0.3, -0.25) is 9.69 Å². The molecule has 0 unspecified atom stereocenters. The summed E-state index contributed by atoms with van der Waals surface area (Å²) in [7, 11) is -3.60. The molecule has 0 aromatic heterocycles. The van der Waals surface area contributed by atoms with Crippen LogP contribution in [0.3, 0.4) is 0 Å². The van der Waals surface area contributed by atoms with Crippen molar-refractivity contribution in [3.05, 3.63) is 65.2 Å². The number of ether oxygens (including phenoxy) is 1. The Morgan fingerprint density at radius 3 is 2.27 bits per heavy atom. The van der Waals surface area contributed by atoms with Crippen molar-refractivity contribution >= 4 is 15.9 Å². The van der Waals surface area contributed by atoms with Gasteiger partial charge in [-0.05, 0) is 54.8 Å². The highest BCUT2D eigenvalue weighted by Gasteiger charge is 2.27. The molecule has 2 heterocycles. The van der Waals surface area contributed by atoms with Crippen LogP contribution in [0.25, 0.3) is 0 Å². The van der Waals surface area contributed by atoms with Gasteiger partial charge in [0.05, 0.1) is 18.1 Å². The second kappa shape index (κ2) is 10.3. The van der Waals surface area contributed by atoms with Gasteiger partial charge >= 0.3 is 0 Å². The van der Waals surface area contributed by atoms with Crippen molar-refractivity contribution in [2.75, 3.05) is 39.4 Å². The van der Waals surface area contributed by atoms with Gasteiger partial charge in [-0.15, -0.1) is 0 Å². The van der Waals surface area contributed by atoms with Crippen molar-refractivity contribution in [1.82, 2.24) is 14.5 Å². The molecule has 2 aliphatic rings. The van der Waals surface area contributed by atoms with E-state index in [9.17, 15) is 22.0 Å². The quantitative estimate of drug-likeness (QED) is 0.688. The highest BCUT2D eigenvalue weighted by Crippen LogP contribution is 2.19. The molecule has 0 bridgehead atoms. The normalized spacial score (nSPS) is 18.8. The second-order valence-electron chi connectivity index (χ2n) is 8.31. The molecule has 0 atom stereocenters. The number of amides is 1. The van der Waals surface area contributed by atoms with Gasteiger partial charge in [-0.25, -0.2) is 17.2 Å². The Bertz CT molecular complexity index is 1080. The zero-order valence-electron chi connectivity index (χ0n) is 18.2.